The zero-order chi connectivity index (χ0) is 10.2. The number of nitriles is 1. The summed E-state index contributed by atoms with van der Waals surface area (Å²) in [6.07, 6.45) is 6.64. The first kappa shape index (κ1) is 11.2. The number of unbranched alkanes of at least 4 members (excludes halogenated alkanes) is 3. The fourth-order valence-electron chi connectivity index (χ4n) is 1.35. The second kappa shape index (κ2) is 6.56. The van der Waals surface area contributed by atoms with Gasteiger partial charge in [-0.25, -0.2) is 4.98 Å². The highest BCUT2D eigenvalue weighted by Crippen LogP contribution is 2.13. The van der Waals surface area contributed by atoms with E-state index in [1.165, 1.54) is 25.7 Å². The van der Waals surface area contributed by atoms with Crippen LogP contribution in [-0.2, 0) is 12.8 Å². The molecule has 0 bridgehead atoms. The molecule has 0 aliphatic rings. The average molecular weight is 208 g/mol. The van der Waals surface area contributed by atoms with Crippen molar-refractivity contribution in [3.8, 4) is 6.07 Å². The summed E-state index contributed by atoms with van der Waals surface area (Å²) >= 11 is 1.60. The second-order valence-electron chi connectivity index (χ2n) is 3.38. The zero-order valence-electron chi connectivity index (χ0n) is 8.62. The molecular formula is C11H16N2S. The number of aromatic nitrogens is 1. The Morgan fingerprint density at radius 1 is 1.43 bits per heavy atom. The van der Waals surface area contributed by atoms with E-state index in [2.05, 4.69) is 23.4 Å². The smallest absolute Gasteiger partial charge is 0.107 e. The van der Waals surface area contributed by atoms with Crippen LogP contribution in [0.2, 0.25) is 0 Å². The van der Waals surface area contributed by atoms with E-state index in [9.17, 15) is 0 Å². The quantitative estimate of drug-likeness (QED) is 0.672. The van der Waals surface area contributed by atoms with Gasteiger partial charge in [-0.15, -0.1) is 11.3 Å². The van der Waals surface area contributed by atoms with Crippen LogP contribution in [0.5, 0.6) is 0 Å². The van der Waals surface area contributed by atoms with E-state index in [0.717, 1.165) is 17.1 Å². The maximum atomic E-state index is 8.49. The Balaban J connectivity index is 2.26. The van der Waals surface area contributed by atoms with Gasteiger partial charge in [-0.3, -0.25) is 0 Å². The number of hydrogen-bond donors (Lipinski definition) is 0. The molecule has 2 nitrogen and oxygen atoms in total. The molecule has 0 atom stereocenters. The van der Waals surface area contributed by atoms with E-state index in [1.54, 1.807) is 11.3 Å². The van der Waals surface area contributed by atoms with Crippen LogP contribution in [0.25, 0.3) is 0 Å². The number of rotatable bonds is 6. The van der Waals surface area contributed by atoms with Crippen molar-refractivity contribution in [1.29, 1.82) is 5.26 Å². The summed E-state index contributed by atoms with van der Waals surface area (Å²) in [5.74, 6) is 0. The zero-order valence-corrected chi connectivity index (χ0v) is 9.44. The van der Waals surface area contributed by atoms with E-state index >= 15 is 0 Å². The highest BCUT2D eigenvalue weighted by molar-refractivity contribution is 7.09. The van der Waals surface area contributed by atoms with E-state index in [4.69, 9.17) is 5.26 Å². The summed E-state index contributed by atoms with van der Waals surface area (Å²) in [6, 6.07) is 2.12. The monoisotopic (exact) mass is 208 g/mol. The number of aryl methyl sites for hydroxylation is 1. The molecule has 0 unspecified atom stereocenters. The van der Waals surface area contributed by atoms with Crippen molar-refractivity contribution in [3.05, 3.63) is 16.1 Å². The highest BCUT2D eigenvalue weighted by atomic mass is 32.1. The predicted molar refractivity (Wildman–Crippen MR) is 59.3 cm³/mol. The standard InChI is InChI=1S/C11H16N2S/c1-2-3-4-5-6-10-9-14-11(13-10)7-8-12/h9H,2-7H2,1H3. The van der Waals surface area contributed by atoms with Gasteiger partial charge >= 0.3 is 0 Å². The third-order valence-electron chi connectivity index (χ3n) is 2.12. The Bertz CT molecular complexity index is 298. The summed E-state index contributed by atoms with van der Waals surface area (Å²) in [5.41, 5.74) is 1.16. The summed E-state index contributed by atoms with van der Waals surface area (Å²) in [5, 5.41) is 11.5. The van der Waals surface area contributed by atoms with Gasteiger partial charge in [0.15, 0.2) is 0 Å². The van der Waals surface area contributed by atoms with Crippen LogP contribution in [0.4, 0.5) is 0 Å². The van der Waals surface area contributed by atoms with E-state index < -0.39 is 0 Å². The molecule has 0 saturated carbocycles. The molecule has 1 rings (SSSR count). The Morgan fingerprint density at radius 3 is 3.00 bits per heavy atom. The minimum atomic E-state index is 0.458. The summed E-state index contributed by atoms with van der Waals surface area (Å²) < 4.78 is 0. The van der Waals surface area contributed by atoms with E-state index in [1.807, 2.05) is 0 Å². The Hall–Kier alpha value is -0.880. The molecule has 0 aliphatic heterocycles. The molecule has 0 aliphatic carbocycles. The first-order chi connectivity index (χ1) is 6.86. The van der Waals surface area contributed by atoms with Gasteiger partial charge in [0, 0.05) is 5.38 Å². The molecule has 0 amide bonds. The Labute approximate surface area is 89.6 Å². The lowest BCUT2D eigenvalue weighted by Crippen LogP contribution is -1.87. The molecular weight excluding hydrogens is 192 g/mol. The van der Waals surface area contributed by atoms with Gasteiger partial charge in [0.1, 0.15) is 5.01 Å². The molecule has 0 saturated heterocycles. The lowest BCUT2D eigenvalue weighted by Gasteiger charge is -1.95. The molecule has 76 valence electrons. The van der Waals surface area contributed by atoms with Gasteiger partial charge in [-0.05, 0) is 12.8 Å². The topological polar surface area (TPSA) is 36.7 Å². The van der Waals surface area contributed by atoms with Gasteiger partial charge in [0.05, 0.1) is 18.2 Å². The summed E-state index contributed by atoms with van der Waals surface area (Å²) in [6.45, 7) is 2.22. The van der Waals surface area contributed by atoms with Crippen LogP contribution in [0.3, 0.4) is 0 Å². The minimum Gasteiger partial charge on any atom is -0.245 e. The van der Waals surface area contributed by atoms with Crippen LogP contribution in [0.15, 0.2) is 5.38 Å². The van der Waals surface area contributed by atoms with Gasteiger partial charge in [-0.1, -0.05) is 26.2 Å². The van der Waals surface area contributed by atoms with E-state index in [-0.39, 0.29) is 0 Å². The lowest BCUT2D eigenvalue weighted by molar-refractivity contribution is 0.661. The molecule has 1 aromatic heterocycles. The summed E-state index contributed by atoms with van der Waals surface area (Å²) in [7, 11) is 0. The van der Waals surface area contributed by atoms with Crippen molar-refractivity contribution in [2.24, 2.45) is 0 Å². The Kier molecular flexibility index (Phi) is 5.24. The first-order valence-electron chi connectivity index (χ1n) is 5.17. The molecule has 0 spiro atoms. The van der Waals surface area contributed by atoms with Crippen molar-refractivity contribution >= 4 is 11.3 Å². The number of thiazole rings is 1. The second-order valence-corrected chi connectivity index (χ2v) is 4.32. The minimum absolute atomic E-state index is 0.458. The van der Waals surface area contributed by atoms with Crippen molar-refractivity contribution in [2.75, 3.05) is 0 Å². The van der Waals surface area contributed by atoms with Crippen molar-refractivity contribution < 1.29 is 0 Å². The van der Waals surface area contributed by atoms with Crippen molar-refractivity contribution in [2.45, 2.75) is 45.4 Å². The van der Waals surface area contributed by atoms with Gasteiger partial charge in [0.2, 0.25) is 0 Å². The molecule has 1 aromatic rings. The van der Waals surface area contributed by atoms with Crippen molar-refractivity contribution in [3.63, 3.8) is 0 Å². The first-order valence-corrected chi connectivity index (χ1v) is 6.05. The normalized spacial score (nSPS) is 10.0. The van der Waals surface area contributed by atoms with E-state index in [0.29, 0.717) is 6.42 Å². The maximum absolute atomic E-state index is 8.49. The van der Waals surface area contributed by atoms with Gasteiger partial charge < -0.3 is 0 Å². The predicted octanol–water partition coefficient (Wildman–Crippen LogP) is 3.33. The maximum Gasteiger partial charge on any atom is 0.107 e. The average Bonchev–Trinajstić information content (AvgIpc) is 2.61. The fourth-order valence-corrected chi connectivity index (χ4v) is 2.11. The number of nitrogens with zero attached hydrogens (tertiary/aromatic N) is 2. The van der Waals surface area contributed by atoms with Gasteiger partial charge in [-0.2, -0.15) is 5.26 Å². The third-order valence-corrected chi connectivity index (χ3v) is 3.01. The molecule has 0 fully saturated rings. The molecule has 0 radical (unpaired) electrons. The summed E-state index contributed by atoms with van der Waals surface area (Å²) in [4.78, 5) is 4.39. The molecule has 0 aromatic carbocycles. The molecule has 1 heterocycles. The SMILES string of the molecule is CCCCCCc1csc(CC#N)n1. The third kappa shape index (κ3) is 3.89. The number of hydrogen-bond acceptors (Lipinski definition) is 3. The van der Waals surface area contributed by atoms with Crippen LogP contribution < -0.4 is 0 Å². The van der Waals surface area contributed by atoms with Gasteiger partial charge in [0.25, 0.3) is 0 Å². The van der Waals surface area contributed by atoms with Crippen LogP contribution >= 0.6 is 11.3 Å². The van der Waals surface area contributed by atoms with Crippen molar-refractivity contribution in [1.82, 2.24) is 4.98 Å². The fraction of sp³-hybridized carbons (Fsp3) is 0.636. The molecule has 0 N–H and O–H groups in total. The van der Waals surface area contributed by atoms with Crippen LogP contribution in [0, 0.1) is 11.3 Å². The largest absolute Gasteiger partial charge is 0.245 e. The molecule has 3 heteroatoms. The van der Waals surface area contributed by atoms with Crippen LogP contribution in [0.1, 0.15) is 43.3 Å². The van der Waals surface area contributed by atoms with Crippen LogP contribution in [-0.4, -0.2) is 4.98 Å². The highest BCUT2D eigenvalue weighted by Gasteiger charge is 2.00. The Morgan fingerprint density at radius 2 is 2.29 bits per heavy atom. The molecule has 14 heavy (non-hydrogen) atoms. The lowest BCUT2D eigenvalue weighted by atomic mass is 10.1.